The SMILES string of the molecule is Nc1nc(-c2c(F)ccc(NS(=O)(=O)c3cc(F)ccc3F)c2F)cs1. The molecular formula is C15H9F4N3O2S2. The minimum absolute atomic E-state index is 0.0617. The van der Waals surface area contributed by atoms with Crippen molar-refractivity contribution in [1.82, 2.24) is 4.98 Å². The summed E-state index contributed by atoms with van der Waals surface area (Å²) in [4.78, 5) is 2.74. The lowest BCUT2D eigenvalue weighted by Crippen LogP contribution is -2.16. The third-order valence-corrected chi connectivity index (χ3v) is 5.35. The van der Waals surface area contributed by atoms with Crippen molar-refractivity contribution in [2.45, 2.75) is 4.90 Å². The fourth-order valence-corrected chi connectivity index (χ4v) is 3.86. The summed E-state index contributed by atoms with van der Waals surface area (Å²) in [7, 11) is -4.67. The Labute approximate surface area is 149 Å². The summed E-state index contributed by atoms with van der Waals surface area (Å²) in [5, 5.41) is 1.35. The van der Waals surface area contributed by atoms with Gasteiger partial charge in [0.25, 0.3) is 10.0 Å². The van der Waals surface area contributed by atoms with Gasteiger partial charge in [0.2, 0.25) is 0 Å². The predicted octanol–water partition coefficient (Wildman–Crippen LogP) is 3.75. The molecule has 0 spiro atoms. The second-order valence-electron chi connectivity index (χ2n) is 5.04. The smallest absolute Gasteiger partial charge is 0.265 e. The van der Waals surface area contributed by atoms with Crippen LogP contribution in [-0.4, -0.2) is 13.4 Å². The first kappa shape index (κ1) is 18.1. The van der Waals surface area contributed by atoms with E-state index in [0.29, 0.717) is 12.1 Å². The van der Waals surface area contributed by atoms with Crippen molar-refractivity contribution in [3.8, 4) is 11.3 Å². The molecule has 0 fully saturated rings. The molecule has 0 saturated heterocycles. The van der Waals surface area contributed by atoms with E-state index in [1.54, 1.807) is 4.72 Å². The molecule has 136 valence electrons. The minimum atomic E-state index is -4.67. The van der Waals surface area contributed by atoms with Crippen molar-refractivity contribution < 1.29 is 26.0 Å². The Morgan fingerprint density at radius 3 is 2.38 bits per heavy atom. The second-order valence-corrected chi connectivity index (χ2v) is 7.58. The largest absolute Gasteiger partial charge is 0.375 e. The van der Waals surface area contributed by atoms with E-state index in [4.69, 9.17) is 5.73 Å². The number of hydrogen-bond acceptors (Lipinski definition) is 5. The quantitative estimate of drug-likeness (QED) is 0.650. The van der Waals surface area contributed by atoms with Crippen molar-refractivity contribution in [3.05, 3.63) is 59.0 Å². The van der Waals surface area contributed by atoms with Crippen LogP contribution >= 0.6 is 11.3 Å². The molecular weight excluding hydrogens is 394 g/mol. The van der Waals surface area contributed by atoms with Gasteiger partial charge in [-0.1, -0.05) is 0 Å². The van der Waals surface area contributed by atoms with Gasteiger partial charge in [-0.15, -0.1) is 11.3 Å². The van der Waals surface area contributed by atoms with Gasteiger partial charge in [0.05, 0.1) is 16.9 Å². The third kappa shape index (κ3) is 3.35. The number of sulfonamides is 1. The highest BCUT2D eigenvalue weighted by molar-refractivity contribution is 7.92. The summed E-state index contributed by atoms with van der Waals surface area (Å²) in [6, 6.07) is 3.43. The number of benzene rings is 2. The average Bonchev–Trinajstić information content (AvgIpc) is 2.98. The molecule has 3 rings (SSSR count). The van der Waals surface area contributed by atoms with Crippen LogP contribution in [0.4, 0.5) is 28.4 Å². The van der Waals surface area contributed by atoms with Gasteiger partial charge in [-0.2, -0.15) is 0 Å². The first-order valence-corrected chi connectivity index (χ1v) is 9.22. The first-order valence-electron chi connectivity index (χ1n) is 6.86. The van der Waals surface area contributed by atoms with Gasteiger partial charge in [0.1, 0.15) is 22.3 Å². The number of nitrogens with two attached hydrogens (primary N) is 1. The lowest BCUT2D eigenvalue weighted by atomic mass is 10.1. The van der Waals surface area contributed by atoms with E-state index >= 15 is 0 Å². The zero-order chi connectivity index (χ0) is 19.1. The molecule has 0 unspecified atom stereocenters. The van der Waals surface area contributed by atoms with Crippen LogP contribution in [0.3, 0.4) is 0 Å². The fraction of sp³-hybridized carbons (Fsp3) is 0. The Kier molecular flexibility index (Phi) is 4.59. The Balaban J connectivity index is 2.07. The third-order valence-electron chi connectivity index (χ3n) is 3.30. The normalized spacial score (nSPS) is 11.5. The molecule has 0 amide bonds. The Morgan fingerprint density at radius 1 is 1.04 bits per heavy atom. The maximum absolute atomic E-state index is 14.6. The van der Waals surface area contributed by atoms with Gasteiger partial charge >= 0.3 is 0 Å². The van der Waals surface area contributed by atoms with Gasteiger partial charge in [-0.25, -0.2) is 31.0 Å². The van der Waals surface area contributed by atoms with Crippen LogP contribution < -0.4 is 10.5 Å². The van der Waals surface area contributed by atoms with Gasteiger partial charge < -0.3 is 5.73 Å². The summed E-state index contributed by atoms with van der Waals surface area (Å²) in [5.41, 5.74) is 4.06. The number of rotatable bonds is 4. The topological polar surface area (TPSA) is 85.1 Å². The van der Waals surface area contributed by atoms with Crippen molar-refractivity contribution >= 4 is 32.2 Å². The molecule has 0 aliphatic rings. The summed E-state index contributed by atoms with van der Waals surface area (Å²) in [6.07, 6.45) is 0. The molecule has 1 aromatic heterocycles. The van der Waals surface area contributed by atoms with Crippen molar-refractivity contribution in [3.63, 3.8) is 0 Å². The lowest BCUT2D eigenvalue weighted by Gasteiger charge is -2.12. The highest BCUT2D eigenvalue weighted by Gasteiger charge is 2.24. The molecule has 0 atom stereocenters. The van der Waals surface area contributed by atoms with E-state index in [9.17, 15) is 26.0 Å². The van der Waals surface area contributed by atoms with E-state index in [-0.39, 0.29) is 10.8 Å². The summed E-state index contributed by atoms with van der Waals surface area (Å²) in [6.45, 7) is 0. The Hall–Kier alpha value is -2.66. The molecule has 0 bridgehead atoms. The van der Waals surface area contributed by atoms with E-state index < -0.39 is 49.4 Å². The summed E-state index contributed by atoms with van der Waals surface area (Å²) < 4.78 is 81.9. The van der Waals surface area contributed by atoms with Gasteiger partial charge in [0, 0.05) is 5.38 Å². The van der Waals surface area contributed by atoms with Crippen LogP contribution in [0.2, 0.25) is 0 Å². The van der Waals surface area contributed by atoms with Crippen molar-refractivity contribution in [2.75, 3.05) is 10.5 Å². The van der Waals surface area contributed by atoms with E-state index in [0.717, 1.165) is 29.5 Å². The second kappa shape index (κ2) is 6.57. The van der Waals surface area contributed by atoms with Gasteiger partial charge in [-0.05, 0) is 30.3 Å². The molecule has 11 heteroatoms. The number of nitrogens with one attached hydrogen (secondary N) is 1. The molecule has 5 nitrogen and oxygen atoms in total. The number of aromatic nitrogens is 1. The number of anilines is 2. The standard InChI is InChI=1S/C15H9F4N3O2S2/c16-7-1-2-8(17)12(5-7)26(23,24)22-10-4-3-9(18)13(14(10)19)11-6-25-15(20)21-11/h1-6,22H,(H2,20,21). The van der Waals surface area contributed by atoms with Crippen LogP contribution in [0.1, 0.15) is 0 Å². The minimum Gasteiger partial charge on any atom is -0.375 e. The van der Waals surface area contributed by atoms with Crippen LogP contribution in [0.25, 0.3) is 11.3 Å². The molecule has 2 aromatic carbocycles. The monoisotopic (exact) mass is 403 g/mol. The highest BCUT2D eigenvalue weighted by Crippen LogP contribution is 2.33. The van der Waals surface area contributed by atoms with Crippen molar-refractivity contribution in [2.24, 2.45) is 0 Å². The average molecular weight is 403 g/mol. The maximum Gasteiger partial charge on any atom is 0.265 e. The van der Waals surface area contributed by atoms with E-state index in [2.05, 4.69) is 4.98 Å². The number of nitrogen functional groups attached to an aromatic ring is 1. The van der Waals surface area contributed by atoms with Crippen LogP contribution in [0.5, 0.6) is 0 Å². The lowest BCUT2D eigenvalue weighted by molar-refractivity contribution is 0.554. The number of nitrogens with zero attached hydrogens (tertiary/aromatic N) is 1. The maximum atomic E-state index is 14.6. The zero-order valence-electron chi connectivity index (χ0n) is 12.6. The fourth-order valence-electron chi connectivity index (χ4n) is 2.15. The van der Waals surface area contributed by atoms with Crippen LogP contribution in [0, 0.1) is 23.3 Å². The first-order chi connectivity index (χ1) is 12.2. The molecule has 0 aliphatic heterocycles. The molecule has 0 radical (unpaired) electrons. The molecule has 26 heavy (non-hydrogen) atoms. The van der Waals surface area contributed by atoms with E-state index in [1.165, 1.54) is 5.38 Å². The van der Waals surface area contributed by atoms with Gasteiger partial charge in [-0.3, -0.25) is 4.72 Å². The van der Waals surface area contributed by atoms with Crippen LogP contribution in [-0.2, 0) is 10.0 Å². The summed E-state index contributed by atoms with van der Waals surface area (Å²) >= 11 is 0.939. The molecule has 0 saturated carbocycles. The predicted molar refractivity (Wildman–Crippen MR) is 89.0 cm³/mol. The van der Waals surface area contributed by atoms with Crippen LogP contribution in [0.15, 0.2) is 40.6 Å². The number of halogens is 4. The summed E-state index contributed by atoms with van der Waals surface area (Å²) in [5.74, 6) is -4.48. The highest BCUT2D eigenvalue weighted by atomic mass is 32.2. The Bertz CT molecular complexity index is 1100. The molecule has 3 aromatic rings. The molecule has 3 N–H and O–H groups in total. The number of thiazole rings is 1. The molecule has 0 aliphatic carbocycles. The van der Waals surface area contributed by atoms with E-state index in [1.807, 2.05) is 0 Å². The van der Waals surface area contributed by atoms with Gasteiger partial charge in [0.15, 0.2) is 10.9 Å². The molecule has 1 heterocycles. The zero-order valence-corrected chi connectivity index (χ0v) is 14.3. The number of hydrogen-bond donors (Lipinski definition) is 2. The Morgan fingerprint density at radius 2 is 1.73 bits per heavy atom. The van der Waals surface area contributed by atoms with Crippen molar-refractivity contribution in [1.29, 1.82) is 0 Å².